The van der Waals surface area contributed by atoms with E-state index in [1.807, 2.05) is 20.8 Å². The molecule has 1 unspecified atom stereocenters. The van der Waals surface area contributed by atoms with Crippen molar-refractivity contribution in [3.8, 4) is 0 Å². The SMILES string of the molecule is CCC(C)NC(N)=NCC(C)(C)C(=O)NC. The molecule has 0 bridgehead atoms. The van der Waals surface area contributed by atoms with Crippen LogP contribution in [0.15, 0.2) is 4.99 Å². The summed E-state index contributed by atoms with van der Waals surface area (Å²) in [6.07, 6.45) is 0.981. The van der Waals surface area contributed by atoms with Crippen LogP contribution in [-0.2, 0) is 4.79 Å². The molecule has 0 aromatic rings. The van der Waals surface area contributed by atoms with Crippen molar-refractivity contribution in [2.75, 3.05) is 13.6 Å². The molecule has 5 nitrogen and oxygen atoms in total. The fourth-order valence-electron chi connectivity index (χ4n) is 1.09. The van der Waals surface area contributed by atoms with E-state index in [2.05, 4.69) is 22.5 Å². The largest absolute Gasteiger partial charge is 0.370 e. The topological polar surface area (TPSA) is 79.5 Å². The molecule has 0 heterocycles. The molecule has 16 heavy (non-hydrogen) atoms. The Kier molecular flexibility index (Phi) is 5.85. The van der Waals surface area contributed by atoms with Gasteiger partial charge in [-0.05, 0) is 27.2 Å². The van der Waals surface area contributed by atoms with Gasteiger partial charge in [0.05, 0.1) is 12.0 Å². The van der Waals surface area contributed by atoms with Crippen molar-refractivity contribution in [2.45, 2.75) is 40.2 Å². The van der Waals surface area contributed by atoms with E-state index < -0.39 is 5.41 Å². The summed E-state index contributed by atoms with van der Waals surface area (Å²) in [7, 11) is 1.62. The monoisotopic (exact) mass is 228 g/mol. The van der Waals surface area contributed by atoms with Crippen LogP contribution >= 0.6 is 0 Å². The van der Waals surface area contributed by atoms with Gasteiger partial charge in [0.1, 0.15) is 0 Å². The van der Waals surface area contributed by atoms with Crippen molar-refractivity contribution < 1.29 is 4.79 Å². The Bertz CT molecular complexity index is 261. The van der Waals surface area contributed by atoms with Crippen molar-refractivity contribution in [3.63, 3.8) is 0 Å². The zero-order chi connectivity index (χ0) is 12.8. The highest BCUT2D eigenvalue weighted by molar-refractivity contribution is 5.83. The quantitative estimate of drug-likeness (QED) is 0.472. The maximum absolute atomic E-state index is 11.5. The van der Waals surface area contributed by atoms with Crippen LogP contribution in [0, 0.1) is 5.41 Å². The van der Waals surface area contributed by atoms with E-state index in [0.29, 0.717) is 18.5 Å². The summed E-state index contributed by atoms with van der Waals surface area (Å²) in [6.45, 7) is 8.16. The third-order valence-electron chi connectivity index (χ3n) is 2.49. The Balaban J connectivity index is 4.30. The van der Waals surface area contributed by atoms with E-state index in [-0.39, 0.29) is 5.91 Å². The van der Waals surface area contributed by atoms with E-state index >= 15 is 0 Å². The van der Waals surface area contributed by atoms with E-state index in [0.717, 1.165) is 6.42 Å². The first kappa shape index (κ1) is 14.7. The van der Waals surface area contributed by atoms with Gasteiger partial charge >= 0.3 is 0 Å². The van der Waals surface area contributed by atoms with E-state index in [1.165, 1.54) is 0 Å². The molecule has 0 saturated carbocycles. The number of rotatable bonds is 5. The normalized spacial score (nSPS) is 14.4. The first-order valence-corrected chi connectivity index (χ1v) is 5.62. The van der Waals surface area contributed by atoms with Gasteiger partial charge in [-0.3, -0.25) is 9.79 Å². The average Bonchev–Trinajstić information content (AvgIpc) is 2.25. The third-order valence-corrected chi connectivity index (χ3v) is 2.49. The lowest BCUT2D eigenvalue weighted by Gasteiger charge is -2.20. The lowest BCUT2D eigenvalue weighted by Crippen LogP contribution is -2.41. The number of hydrogen-bond acceptors (Lipinski definition) is 2. The molecule has 1 amide bonds. The molecule has 0 aliphatic carbocycles. The second-order valence-corrected chi connectivity index (χ2v) is 4.62. The van der Waals surface area contributed by atoms with Gasteiger partial charge in [0.15, 0.2) is 5.96 Å². The number of guanidine groups is 1. The molecule has 0 aromatic heterocycles. The summed E-state index contributed by atoms with van der Waals surface area (Å²) in [5.41, 5.74) is 5.17. The second-order valence-electron chi connectivity index (χ2n) is 4.62. The molecule has 4 N–H and O–H groups in total. The lowest BCUT2D eigenvalue weighted by atomic mass is 9.93. The number of carbonyl (C=O) groups excluding carboxylic acids is 1. The number of aliphatic imine (C=N–C) groups is 1. The zero-order valence-corrected chi connectivity index (χ0v) is 10.9. The molecule has 0 saturated heterocycles. The summed E-state index contributed by atoms with van der Waals surface area (Å²) in [6, 6.07) is 0.298. The Hall–Kier alpha value is -1.26. The number of carbonyl (C=O) groups is 1. The van der Waals surface area contributed by atoms with Crippen LogP contribution in [0.1, 0.15) is 34.1 Å². The molecule has 94 valence electrons. The number of hydrogen-bond donors (Lipinski definition) is 3. The van der Waals surface area contributed by atoms with Gasteiger partial charge in [-0.1, -0.05) is 6.92 Å². The minimum atomic E-state index is -0.531. The lowest BCUT2D eigenvalue weighted by molar-refractivity contribution is -0.128. The number of amides is 1. The molecule has 0 rings (SSSR count). The van der Waals surface area contributed by atoms with Crippen LogP contribution in [0.4, 0.5) is 0 Å². The predicted molar refractivity (Wildman–Crippen MR) is 67.2 cm³/mol. The number of nitrogens with one attached hydrogen (secondary N) is 2. The number of nitrogens with zero attached hydrogens (tertiary/aromatic N) is 1. The van der Waals surface area contributed by atoms with Crippen LogP contribution in [0.2, 0.25) is 0 Å². The van der Waals surface area contributed by atoms with Crippen molar-refractivity contribution in [1.29, 1.82) is 0 Å². The molecular formula is C11H24N4O. The molecular weight excluding hydrogens is 204 g/mol. The van der Waals surface area contributed by atoms with Gasteiger partial charge in [0.2, 0.25) is 5.91 Å². The van der Waals surface area contributed by atoms with Gasteiger partial charge in [0, 0.05) is 13.1 Å². The van der Waals surface area contributed by atoms with E-state index in [4.69, 9.17) is 5.73 Å². The van der Waals surface area contributed by atoms with Crippen LogP contribution < -0.4 is 16.4 Å². The Morgan fingerprint density at radius 1 is 1.50 bits per heavy atom. The minimum absolute atomic E-state index is 0.0346. The Labute approximate surface area is 97.9 Å². The highest BCUT2D eigenvalue weighted by atomic mass is 16.2. The van der Waals surface area contributed by atoms with Crippen molar-refractivity contribution in [1.82, 2.24) is 10.6 Å². The maximum atomic E-state index is 11.5. The molecule has 1 atom stereocenters. The van der Waals surface area contributed by atoms with Gasteiger partial charge in [-0.15, -0.1) is 0 Å². The molecule has 0 aliphatic heterocycles. The average molecular weight is 228 g/mol. The fourth-order valence-corrected chi connectivity index (χ4v) is 1.09. The highest BCUT2D eigenvalue weighted by Crippen LogP contribution is 2.14. The number of nitrogens with two attached hydrogens (primary N) is 1. The Morgan fingerprint density at radius 2 is 2.06 bits per heavy atom. The van der Waals surface area contributed by atoms with E-state index in [1.54, 1.807) is 7.05 Å². The minimum Gasteiger partial charge on any atom is -0.370 e. The van der Waals surface area contributed by atoms with E-state index in [9.17, 15) is 4.79 Å². The standard InChI is InChI=1S/C11H24N4O/c1-6-8(2)15-10(12)14-7-11(3,4)9(16)13-5/h8H,6-7H2,1-5H3,(H,13,16)(H3,12,14,15). The summed E-state index contributed by atoms with van der Waals surface area (Å²) < 4.78 is 0. The molecule has 0 aromatic carbocycles. The van der Waals surface area contributed by atoms with Crippen molar-refractivity contribution in [2.24, 2.45) is 16.1 Å². The predicted octanol–water partition coefficient (Wildman–Crippen LogP) is 0.461. The van der Waals surface area contributed by atoms with Gasteiger partial charge in [-0.2, -0.15) is 0 Å². The summed E-state index contributed by atoms with van der Waals surface area (Å²) in [5.74, 6) is 0.360. The molecule has 0 spiro atoms. The van der Waals surface area contributed by atoms with Crippen LogP contribution in [0.25, 0.3) is 0 Å². The second kappa shape index (κ2) is 6.35. The Morgan fingerprint density at radius 3 is 2.50 bits per heavy atom. The molecule has 0 aliphatic rings. The molecule has 0 fully saturated rings. The van der Waals surface area contributed by atoms with Gasteiger partial charge in [-0.25, -0.2) is 0 Å². The zero-order valence-electron chi connectivity index (χ0n) is 10.9. The molecule has 0 radical (unpaired) electrons. The maximum Gasteiger partial charge on any atom is 0.227 e. The van der Waals surface area contributed by atoms with Crippen LogP contribution in [-0.4, -0.2) is 31.5 Å². The third kappa shape index (κ3) is 5.00. The first-order valence-electron chi connectivity index (χ1n) is 5.62. The van der Waals surface area contributed by atoms with Crippen molar-refractivity contribution in [3.05, 3.63) is 0 Å². The first-order chi connectivity index (χ1) is 7.33. The molecule has 5 heteroatoms. The summed E-state index contributed by atoms with van der Waals surface area (Å²) >= 11 is 0. The highest BCUT2D eigenvalue weighted by Gasteiger charge is 2.26. The van der Waals surface area contributed by atoms with Gasteiger partial charge in [0.25, 0.3) is 0 Å². The van der Waals surface area contributed by atoms with Crippen LogP contribution in [0.5, 0.6) is 0 Å². The smallest absolute Gasteiger partial charge is 0.227 e. The van der Waals surface area contributed by atoms with Crippen LogP contribution in [0.3, 0.4) is 0 Å². The van der Waals surface area contributed by atoms with Crippen molar-refractivity contribution >= 4 is 11.9 Å². The summed E-state index contributed by atoms with van der Waals surface area (Å²) in [5, 5.41) is 5.67. The fraction of sp³-hybridized carbons (Fsp3) is 0.818. The van der Waals surface area contributed by atoms with Gasteiger partial charge < -0.3 is 16.4 Å². The summed E-state index contributed by atoms with van der Waals surface area (Å²) in [4.78, 5) is 15.7.